The van der Waals surface area contributed by atoms with Crippen molar-refractivity contribution >= 4 is 26.7 Å². The molecule has 0 amide bonds. The molecule has 1 heterocycles. The van der Waals surface area contributed by atoms with Crippen molar-refractivity contribution in [2.75, 3.05) is 11.8 Å². The summed E-state index contributed by atoms with van der Waals surface area (Å²) >= 11 is 0. The molecule has 0 atom stereocenters. The summed E-state index contributed by atoms with van der Waals surface area (Å²) in [4.78, 5) is 4.33. The number of sulfonamides is 1. The summed E-state index contributed by atoms with van der Waals surface area (Å²) in [7, 11) is -1.91. The van der Waals surface area contributed by atoms with Crippen LogP contribution in [0.1, 0.15) is 5.56 Å². The summed E-state index contributed by atoms with van der Waals surface area (Å²) in [6.45, 7) is 0. The molecule has 0 aliphatic carbocycles. The first kappa shape index (κ1) is 15.3. The van der Waals surface area contributed by atoms with E-state index in [1.165, 1.54) is 0 Å². The molecule has 2 aromatic carbocycles. The molecule has 23 heavy (non-hydrogen) atoms. The average molecular weight is 328 g/mol. The highest BCUT2D eigenvalue weighted by Crippen LogP contribution is 2.21. The molecule has 3 aromatic rings. The monoisotopic (exact) mass is 328 g/mol. The molecule has 118 valence electrons. The summed E-state index contributed by atoms with van der Waals surface area (Å²) in [6, 6.07) is 17.9. The quantitative estimate of drug-likeness (QED) is 0.781. The van der Waals surface area contributed by atoms with Gasteiger partial charge in [-0.3, -0.25) is 4.72 Å². The van der Waals surface area contributed by atoms with Crippen LogP contribution in [-0.4, -0.2) is 20.5 Å². The summed E-state index contributed by atoms with van der Waals surface area (Å²) < 4.78 is 32.1. The highest BCUT2D eigenvalue weighted by atomic mass is 32.2. The Morgan fingerprint density at radius 2 is 1.83 bits per heavy atom. The molecule has 0 saturated heterocycles. The SMILES string of the molecule is COc1ccc2nc(NS(=O)(=O)Cc3ccccc3)ccc2c1. The number of methoxy groups -OCH3 is 1. The number of ether oxygens (including phenoxy) is 1. The first-order chi connectivity index (χ1) is 11.1. The van der Waals surface area contributed by atoms with Crippen molar-refractivity contribution in [1.82, 2.24) is 4.98 Å². The number of hydrogen-bond acceptors (Lipinski definition) is 4. The molecule has 3 rings (SSSR count). The van der Waals surface area contributed by atoms with Crippen LogP contribution in [0.2, 0.25) is 0 Å². The van der Waals surface area contributed by atoms with E-state index in [9.17, 15) is 8.42 Å². The number of pyridine rings is 1. The van der Waals surface area contributed by atoms with Gasteiger partial charge in [0.1, 0.15) is 11.6 Å². The number of hydrogen-bond donors (Lipinski definition) is 1. The molecule has 6 heteroatoms. The van der Waals surface area contributed by atoms with Gasteiger partial charge < -0.3 is 4.74 Å². The molecule has 0 bridgehead atoms. The van der Waals surface area contributed by atoms with Crippen molar-refractivity contribution in [3.8, 4) is 5.75 Å². The van der Waals surface area contributed by atoms with Crippen molar-refractivity contribution in [3.05, 3.63) is 66.2 Å². The van der Waals surface area contributed by atoms with E-state index in [1.54, 1.807) is 37.4 Å². The van der Waals surface area contributed by atoms with E-state index in [2.05, 4.69) is 9.71 Å². The number of rotatable bonds is 5. The van der Waals surface area contributed by atoms with Gasteiger partial charge in [0, 0.05) is 5.39 Å². The van der Waals surface area contributed by atoms with Crippen molar-refractivity contribution in [2.45, 2.75) is 5.75 Å². The second-order valence-electron chi connectivity index (χ2n) is 5.10. The van der Waals surface area contributed by atoms with Crippen molar-refractivity contribution in [1.29, 1.82) is 0 Å². The van der Waals surface area contributed by atoms with E-state index < -0.39 is 10.0 Å². The van der Waals surface area contributed by atoms with E-state index in [4.69, 9.17) is 4.74 Å². The molecular weight excluding hydrogens is 312 g/mol. The lowest BCUT2D eigenvalue weighted by molar-refractivity contribution is 0.415. The Labute approximate surface area is 135 Å². The Bertz CT molecular complexity index is 925. The third-order valence-electron chi connectivity index (χ3n) is 3.36. The Hall–Kier alpha value is -2.60. The number of aromatic nitrogens is 1. The molecular formula is C17H16N2O3S. The fourth-order valence-corrected chi connectivity index (χ4v) is 3.41. The van der Waals surface area contributed by atoms with E-state index in [-0.39, 0.29) is 5.75 Å². The molecule has 0 fully saturated rings. The van der Waals surface area contributed by atoms with Gasteiger partial charge in [-0.15, -0.1) is 0 Å². The number of benzene rings is 2. The van der Waals surface area contributed by atoms with Crippen LogP contribution in [-0.2, 0) is 15.8 Å². The van der Waals surface area contributed by atoms with Gasteiger partial charge in [0.25, 0.3) is 0 Å². The highest BCUT2D eigenvalue weighted by Gasteiger charge is 2.12. The maximum Gasteiger partial charge on any atom is 0.238 e. The van der Waals surface area contributed by atoms with Crippen molar-refractivity contribution < 1.29 is 13.2 Å². The minimum absolute atomic E-state index is 0.0871. The molecule has 1 N–H and O–H groups in total. The number of nitrogens with one attached hydrogen (secondary N) is 1. The van der Waals surface area contributed by atoms with Crippen molar-refractivity contribution in [3.63, 3.8) is 0 Å². The van der Waals surface area contributed by atoms with Gasteiger partial charge in [-0.2, -0.15) is 0 Å². The predicted molar refractivity (Wildman–Crippen MR) is 91.0 cm³/mol. The lowest BCUT2D eigenvalue weighted by Gasteiger charge is -2.09. The first-order valence-corrected chi connectivity index (χ1v) is 8.70. The van der Waals surface area contributed by atoms with E-state index in [0.717, 1.165) is 16.7 Å². The Balaban J connectivity index is 1.83. The third kappa shape index (κ3) is 3.78. The Morgan fingerprint density at radius 3 is 2.57 bits per heavy atom. The van der Waals surface area contributed by atoms with Gasteiger partial charge in [-0.05, 0) is 35.9 Å². The summed E-state index contributed by atoms with van der Waals surface area (Å²) in [5, 5.41) is 0.885. The van der Waals surface area contributed by atoms with Crippen LogP contribution in [0.3, 0.4) is 0 Å². The number of fused-ring (bicyclic) bond motifs is 1. The van der Waals surface area contributed by atoms with E-state index >= 15 is 0 Å². The van der Waals surface area contributed by atoms with Crippen LogP contribution in [0.15, 0.2) is 60.7 Å². The summed E-state index contributed by atoms with van der Waals surface area (Å²) in [5.74, 6) is 0.950. The lowest BCUT2D eigenvalue weighted by atomic mass is 10.2. The average Bonchev–Trinajstić information content (AvgIpc) is 2.54. The minimum atomic E-state index is -3.51. The van der Waals surface area contributed by atoms with Crippen LogP contribution in [0, 0.1) is 0 Å². The largest absolute Gasteiger partial charge is 0.497 e. The normalized spacial score (nSPS) is 11.3. The fraction of sp³-hybridized carbons (Fsp3) is 0.118. The molecule has 0 unspecified atom stereocenters. The Morgan fingerprint density at radius 1 is 1.04 bits per heavy atom. The molecule has 0 radical (unpaired) electrons. The van der Waals surface area contributed by atoms with Crippen LogP contribution < -0.4 is 9.46 Å². The smallest absolute Gasteiger partial charge is 0.238 e. The van der Waals surface area contributed by atoms with Gasteiger partial charge in [-0.25, -0.2) is 13.4 Å². The van der Waals surface area contributed by atoms with Crippen LogP contribution in [0.5, 0.6) is 5.75 Å². The molecule has 0 aliphatic heterocycles. The van der Waals surface area contributed by atoms with Crippen LogP contribution in [0.25, 0.3) is 10.9 Å². The first-order valence-electron chi connectivity index (χ1n) is 7.05. The zero-order valence-corrected chi connectivity index (χ0v) is 13.4. The fourth-order valence-electron chi connectivity index (χ4n) is 2.28. The van der Waals surface area contributed by atoms with Gasteiger partial charge in [0.05, 0.1) is 18.4 Å². The van der Waals surface area contributed by atoms with Crippen molar-refractivity contribution in [2.24, 2.45) is 0 Å². The standard InChI is InChI=1S/C17H16N2O3S/c1-22-15-8-9-16-14(11-15)7-10-17(18-16)19-23(20,21)12-13-5-3-2-4-6-13/h2-11H,12H2,1H3,(H,18,19). The zero-order chi connectivity index (χ0) is 16.3. The number of nitrogens with zero attached hydrogens (tertiary/aromatic N) is 1. The van der Waals surface area contributed by atoms with Gasteiger partial charge in [-0.1, -0.05) is 30.3 Å². The lowest BCUT2D eigenvalue weighted by Crippen LogP contribution is -2.15. The summed E-state index contributed by atoms with van der Waals surface area (Å²) in [6.07, 6.45) is 0. The molecule has 1 aromatic heterocycles. The zero-order valence-electron chi connectivity index (χ0n) is 12.6. The molecule has 0 saturated carbocycles. The van der Waals surface area contributed by atoms with Gasteiger partial charge >= 0.3 is 0 Å². The third-order valence-corrected chi connectivity index (χ3v) is 4.59. The maximum atomic E-state index is 12.2. The van der Waals surface area contributed by atoms with E-state index in [1.807, 2.05) is 30.3 Å². The molecule has 0 spiro atoms. The minimum Gasteiger partial charge on any atom is -0.497 e. The second-order valence-corrected chi connectivity index (χ2v) is 6.82. The van der Waals surface area contributed by atoms with Crippen LogP contribution in [0.4, 0.5) is 5.82 Å². The van der Waals surface area contributed by atoms with Crippen LogP contribution >= 0.6 is 0 Å². The molecule has 5 nitrogen and oxygen atoms in total. The molecule has 0 aliphatic rings. The topological polar surface area (TPSA) is 68.3 Å². The maximum absolute atomic E-state index is 12.2. The highest BCUT2D eigenvalue weighted by molar-refractivity contribution is 7.91. The Kier molecular flexibility index (Phi) is 4.16. The second kappa shape index (κ2) is 6.26. The predicted octanol–water partition coefficient (Wildman–Crippen LogP) is 3.19. The summed E-state index contributed by atoms with van der Waals surface area (Å²) in [5.41, 5.74) is 1.43. The van der Waals surface area contributed by atoms with Gasteiger partial charge in [0.15, 0.2) is 0 Å². The van der Waals surface area contributed by atoms with E-state index in [0.29, 0.717) is 11.3 Å². The van der Waals surface area contributed by atoms with Gasteiger partial charge in [0.2, 0.25) is 10.0 Å². The number of anilines is 1.